The Kier molecular flexibility index (Phi) is 6.23. The van der Waals surface area contributed by atoms with Crippen LogP contribution in [0.5, 0.6) is 11.5 Å². The number of amides is 2. The zero-order valence-corrected chi connectivity index (χ0v) is 17.3. The van der Waals surface area contributed by atoms with Gasteiger partial charge in [0.05, 0.1) is 29.7 Å². The van der Waals surface area contributed by atoms with E-state index in [9.17, 15) is 9.59 Å². The molecule has 3 rings (SSSR count). The second-order valence-electron chi connectivity index (χ2n) is 5.52. The molecule has 2 aromatic carbocycles. The molecule has 0 aromatic heterocycles. The summed E-state index contributed by atoms with van der Waals surface area (Å²) in [4.78, 5) is 25.5. The molecule has 1 heterocycles. The number of hydrogen-bond donors (Lipinski definition) is 1. The molecule has 2 amide bonds. The summed E-state index contributed by atoms with van der Waals surface area (Å²) in [6.07, 6.45) is 1.64. The lowest BCUT2D eigenvalue weighted by atomic mass is 10.1. The number of nitrogens with zero attached hydrogens (tertiary/aromatic N) is 1. The number of carbonyl (C=O) groups is 2. The number of carbonyl (C=O) groups excluding carboxylic acids is 2. The van der Waals surface area contributed by atoms with Gasteiger partial charge in [0.15, 0.2) is 15.8 Å². The summed E-state index contributed by atoms with van der Waals surface area (Å²) in [5.74, 6) is 0.0662. The van der Waals surface area contributed by atoms with E-state index in [0.717, 1.165) is 16.8 Å². The number of thioether (sulfide) groups is 1. The molecule has 1 aliphatic rings. The van der Waals surface area contributed by atoms with Crippen LogP contribution in [0.1, 0.15) is 15.9 Å². The first-order valence-electron chi connectivity index (χ1n) is 8.00. The van der Waals surface area contributed by atoms with Crippen molar-refractivity contribution in [1.82, 2.24) is 10.4 Å². The highest BCUT2D eigenvalue weighted by Crippen LogP contribution is 2.36. The lowest BCUT2D eigenvalue weighted by Gasteiger charge is -2.16. The van der Waals surface area contributed by atoms with Gasteiger partial charge in [0.2, 0.25) is 0 Å². The van der Waals surface area contributed by atoms with E-state index in [4.69, 9.17) is 33.3 Å². The number of benzene rings is 2. The Morgan fingerprint density at radius 2 is 1.93 bits per heavy atom. The van der Waals surface area contributed by atoms with Crippen molar-refractivity contribution in [3.63, 3.8) is 0 Å². The van der Waals surface area contributed by atoms with Crippen molar-refractivity contribution in [2.45, 2.75) is 0 Å². The number of nitrogens with one attached hydrogen (secondary N) is 1. The Morgan fingerprint density at radius 1 is 1.18 bits per heavy atom. The second-order valence-corrected chi connectivity index (χ2v) is 7.60. The van der Waals surface area contributed by atoms with Gasteiger partial charge < -0.3 is 9.47 Å². The number of rotatable bonds is 5. The number of ether oxygens (including phenoxy) is 2. The van der Waals surface area contributed by atoms with Gasteiger partial charge in [-0.25, -0.2) is 0 Å². The van der Waals surface area contributed by atoms with Gasteiger partial charge in [0, 0.05) is 5.56 Å². The third-order valence-corrected chi connectivity index (χ3v) is 5.48. The van der Waals surface area contributed by atoms with Crippen molar-refractivity contribution in [3.8, 4) is 11.5 Å². The average molecular weight is 435 g/mol. The van der Waals surface area contributed by atoms with Crippen LogP contribution in [0.3, 0.4) is 0 Å². The lowest BCUT2D eigenvalue weighted by Crippen LogP contribution is -2.44. The van der Waals surface area contributed by atoms with E-state index < -0.39 is 11.8 Å². The number of methoxy groups -OCH3 is 2. The van der Waals surface area contributed by atoms with Gasteiger partial charge in [-0.3, -0.25) is 15.0 Å². The smallest absolute Gasteiger partial charge is 0.285 e. The molecule has 1 saturated heterocycles. The van der Waals surface area contributed by atoms with Crippen LogP contribution in [0.15, 0.2) is 47.4 Å². The average Bonchev–Trinajstić information content (AvgIpc) is 2.95. The van der Waals surface area contributed by atoms with Crippen LogP contribution in [0.4, 0.5) is 0 Å². The van der Waals surface area contributed by atoms with Crippen molar-refractivity contribution in [1.29, 1.82) is 0 Å². The van der Waals surface area contributed by atoms with E-state index >= 15 is 0 Å². The summed E-state index contributed by atoms with van der Waals surface area (Å²) >= 11 is 12.4. The highest BCUT2D eigenvalue weighted by atomic mass is 35.5. The fraction of sp³-hybridized carbons (Fsp3) is 0.105. The normalized spacial score (nSPS) is 15.1. The predicted octanol–water partition coefficient (Wildman–Crippen LogP) is 3.90. The topological polar surface area (TPSA) is 67.9 Å². The van der Waals surface area contributed by atoms with Crippen LogP contribution in [0.25, 0.3) is 6.08 Å². The third kappa shape index (κ3) is 3.99. The lowest BCUT2D eigenvalue weighted by molar-refractivity contribution is -0.123. The molecule has 0 radical (unpaired) electrons. The van der Waals surface area contributed by atoms with Gasteiger partial charge in [-0.15, -0.1) is 0 Å². The number of hydrogen-bond acceptors (Lipinski definition) is 6. The minimum Gasteiger partial charge on any atom is -0.493 e. The standard InChI is InChI=1S/C19H15ClN2O4S2/c1-25-14-9-5-6-11(16(14)26-2)10-15-18(24)22(19(27)28-15)21-17(23)12-7-3-4-8-13(12)20/h3-10H,1-2H3,(H,21,23)/b15-10+. The molecule has 1 aliphatic heterocycles. The molecule has 0 bridgehead atoms. The van der Waals surface area contributed by atoms with Gasteiger partial charge in [-0.05, 0) is 36.5 Å². The maximum Gasteiger partial charge on any atom is 0.285 e. The first-order chi connectivity index (χ1) is 13.5. The SMILES string of the molecule is COc1cccc(/C=C2/SC(=S)N(NC(=O)c3ccccc3Cl)C2=O)c1OC. The zero-order chi connectivity index (χ0) is 20.3. The van der Waals surface area contributed by atoms with E-state index in [1.165, 1.54) is 14.2 Å². The van der Waals surface area contributed by atoms with E-state index in [2.05, 4.69) is 5.43 Å². The first-order valence-corrected chi connectivity index (χ1v) is 9.61. The van der Waals surface area contributed by atoms with Gasteiger partial charge in [-0.2, -0.15) is 5.01 Å². The minimum atomic E-state index is -0.526. The van der Waals surface area contributed by atoms with Crippen molar-refractivity contribution >= 4 is 57.8 Å². The minimum absolute atomic E-state index is 0.207. The van der Waals surface area contributed by atoms with Crippen LogP contribution in [-0.4, -0.2) is 35.4 Å². The van der Waals surface area contributed by atoms with Crippen molar-refractivity contribution in [3.05, 3.63) is 63.5 Å². The van der Waals surface area contributed by atoms with Crippen LogP contribution < -0.4 is 14.9 Å². The Balaban J connectivity index is 1.85. The molecular formula is C19H15ClN2O4S2. The molecule has 144 valence electrons. The predicted molar refractivity (Wildman–Crippen MR) is 113 cm³/mol. The molecule has 28 heavy (non-hydrogen) atoms. The van der Waals surface area contributed by atoms with E-state index in [1.807, 2.05) is 0 Å². The summed E-state index contributed by atoms with van der Waals surface area (Å²) in [6.45, 7) is 0. The Morgan fingerprint density at radius 3 is 2.61 bits per heavy atom. The van der Waals surface area contributed by atoms with Crippen LogP contribution in [0, 0.1) is 0 Å². The molecule has 0 spiro atoms. The third-order valence-electron chi connectivity index (χ3n) is 3.85. The quantitative estimate of drug-likeness (QED) is 0.568. The summed E-state index contributed by atoms with van der Waals surface area (Å²) in [6, 6.07) is 11.9. The van der Waals surface area contributed by atoms with Crippen LogP contribution in [0.2, 0.25) is 5.02 Å². The Hall–Kier alpha value is -2.55. The molecule has 0 saturated carbocycles. The Bertz CT molecular complexity index is 994. The molecule has 1 N–H and O–H groups in total. The van der Waals surface area contributed by atoms with Gasteiger partial charge in [-0.1, -0.05) is 47.6 Å². The van der Waals surface area contributed by atoms with Crippen molar-refractivity contribution in [2.75, 3.05) is 14.2 Å². The summed E-state index contributed by atoms with van der Waals surface area (Å²) in [7, 11) is 3.05. The molecule has 0 aliphatic carbocycles. The van der Waals surface area contributed by atoms with Gasteiger partial charge >= 0.3 is 0 Å². The molecule has 1 fully saturated rings. The van der Waals surface area contributed by atoms with E-state index in [-0.39, 0.29) is 14.9 Å². The van der Waals surface area contributed by atoms with Crippen molar-refractivity contribution < 1.29 is 19.1 Å². The number of hydrazine groups is 1. The molecule has 0 unspecified atom stereocenters. The maximum absolute atomic E-state index is 12.8. The van der Waals surface area contributed by atoms with Gasteiger partial charge in [0.1, 0.15) is 0 Å². The zero-order valence-electron chi connectivity index (χ0n) is 14.9. The fourth-order valence-electron chi connectivity index (χ4n) is 2.54. The van der Waals surface area contributed by atoms with E-state index in [1.54, 1.807) is 48.5 Å². The maximum atomic E-state index is 12.8. The second kappa shape index (κ2) is 8.64. The van der Waals surface area contributed by atoms with Crippen molar-refractivity contribution in [2.24, 2.45) is 0 Å². The number of thiocarbonyl (C=S) groups is 1. The molecule has 9 heteroatoms. The van der Waals surface area contributed by atoms with Crippen LogP contribution in [-0.2, 0) is 4.79 Å². The Labute approximate surface area is 176 Å². The summed E-state index contributed by atoms with van der Waals surface area (Å²) in [5, 5.41) is 1.31. The molecule has 6 nitrogen and oxygen atoms in total. The monoisotopic (exact) mass is 434 g/mol. The van der Waals surface area contributed by atoms with E-state index in [0.29, 0.717) is 22.0 Å². The highest BCUT2D eigenvalue weighted by molar-refractivity contribution is 8.26. The largest absolute Gasteiger partial charge is 0.493 e. The highest BCUT2D eigenvalue weighted by Gasteiger charge is 2.34. The first kappa shape index (κ1) is 20.2. The summed E-state index contributed by atoms with van der Waals surface area (Å²) in [5.41, 5.74) is 3.40. The molecule has 0 atom stereocenters. The fourth-order valence-corrected chi connectivity index (χ4v) is 3.93. The number of para-hydroxylation sites is 1. The number of halogens is 1. The van der Waals surface area contributed by atoms with Gasteiger partial charge in [0.25, 0.3) is 11.8 Å². The summed E-state index contributed by atoms with van der Waals surface area (Å²) < 4.78 is 10.9. The van der Waals surface area contributed by atoms with Crippen LogP contribution >= 0.6 is 35.6 Å². The molecule has 2 aromatic rings. The molecular weight excluding hydrogens is 420 g/mol.